The molecule has 0 radical (unpaired) electrons. The smallest absolute Gasteiger partial charge is 0.240 e. The van der Waals surface area contributed by atoms with Gasteiger partial charge < -0.3 is 15.8 Å². The van der Waals surface area contributed by atoms with E-state index in [0.717, 1.165) is 11.3 Å². The summed E-state index contributed by atoms with van der Waals surface area (Å²) >= 11 is 0. The van der Waals surface area contributed by atoms with Crippen molar-refractivity contribution in [2.75, 3.05) is 25.5 Å². The fraction of sp³-hybridized carbons (Fsp3) is 0.316. The number of carbonyl (C=O) groups is 1. The van der Waals surface area contributed by atoms with Crippen LogP contribution in [0.1, 0.15) is 24.8 Å². The van der Waals surface area contributed by atoms with E-state index in [1.807, 2.05) is 31.2 Å². The minimum absolute atomic E-state index is 0.00837. The predicted molar refractivity (Wildman–Crippen MR) is 105 cm³/mol. The third kappa shape index (κ3) is 6.06. The van der Waals surface area contributed by atoms with E-state index >= 15 is 0 Å². The van der Waals surface area contributed by atoms with Crippen LogP contribution in [0.5, 0.6) is 5.75 Å². The van der Waals surface area contributed by atoms with Gasteiger partial charge in [0.2, 0.25) is 15.9 Å². The quantitative estimate of drug-likeness (QED) is 0.606. The molecular weight excluding hydrogens is 366 g/mol. The van der Waals surface area contributed by atoms with Crippen LogP contribution in [-0.2, 0) is 14.8 Å². The molecule has 0 spiro atoms. The summed E-state index contributed by atoms with van der Waals surface area (Å²) in [6, 6.07) is 13.7. The van der Waals surface area contributed by atoms with Crippen LogP contribution in [0, 0.1) is 0 Å². The molecule has 1 unspecified atom stereocenters. The summed E-state index contributed by atoms with van der Waals surface area (Å²) in [6.45, 7) is 2.32. The van der Waals surface area contributed by atoms with Crippen molar-refractivity contribution in [3.8, 4) is 5.75 Å². The Bertz CT molecular complexity index is 867. The van der Waals surface area contributed by atoms with Crippen LogP contribution in [-0.4, -0.2) is 34.5 Å². The minimum atomic E-state index is -3.65. The van der Waals surface area contributed by atoms with Gasteiger partial charge >= 0.3 is 0 Å². The van der Waals surface area contributed by atoms with Gasteiger partial charge in [0.05, 0.1) is 12.0 Å². The first kappa shape index (κ1) is 20.9. The van der Waals surface area contributed by atoms with Gasteiger partial charge in [-0.25, -0.2) is 13.1 Å². The Labute approximate surface area is 160 Å². The van der Waals surface area contributed by atoms with Crippen LogP contribution < -0.4 is 20.5 Å². The Balaban J connectivity index is 2.01. The van der Waals surface area contributed by atoms with Crippen molar-refractivity contribution in [3.63, 3.8) is 0 Å². The molecular formula is C19H25N3O4S. The molecule has 0 aliphatic heterocycles. The second-order valence-electron chi connectivity index (χ2n) is 6.14. The van der Waals surface area contributed by atoms with Gasteiger partial charge in [-0.1, -0.05) is 25.1 Å². The molecule has 2 rings (SSSR count). The molecule has 0 saturated carbocycles. The summed E-state index contributed by atoms with van der Waals surface area (Å²) in [4.78, 5) is 12.4. The van der Waals surface area contributed by atoms with Crippen LogP contribution in [0.15, 0.2) is 53.4 Å². The summed E-state index contributed by atoms with van der Waals surface area (Å²) < 4.78 is 31.8. The third-order valence-corrected chi connectivity index (χ3v) is 5.50. The zero-order chi connectivity index (χ0) is 19.9. The molecule has 146 valence electrons. The van der Waals surface area contributed by atoms with E-state index in [-0.39, 0.29) is 36.2 Å². The molecule has 0 fully saturated rings. The van der Waals surface area contributed by atoms with E-state index < -0.39 is 10.0 Å². The van der Waals surface area contributed by atoms with Crippen molar-refractivity contribution in [3.05, 3.63) is 54.1 Å². The lowest BCUT2D eigenvalue weighted by Crippen LogP contribution is -2.29. The lowest BCUT2D eigenvalue weighted by atomic mass is 9.97. The summed E-state index contributed by atoms with van der Waals surface area (Å²) in [7, 11) is -2.04. The van der Waals surface area contributed by atoms with Crippen molar-refractivity contribution < 1.29 is 17.9 Å². The van der Waals surface area contributed by atoms with E-state index in [0.29, 0.717) is 5.69 Å². The Morgan fingerprint density at radius 1 is 1.19 bits per heavy atom. The maximum atomic E-state index is 12.3. The molecule has 1 amide bonds. The third-order valence-electron chi connectivity index (χ3n) is 4.04. The highest BCUT2D eigenvalue weighted by Gasteiger charge is 2.15. The Morgan fingerprint density at radius 2 is 1.89 bits per heavy atom. The number of amides is 1. The van der Waals surface area contributed by atoms with Gasteiger partial charge in [-0.2, -0.15) is 0 Å². The topological polar surface area (TPSA) is 111 Å². The molecule has 0 bridgehead atoms. The molecule has 2 aromatic carbocycles. The fourth-order valence-corrected chi connectivity index (χ4v) is 3.65. The number of benzene rings is 2. The molecule has 4 N–H and O–H groups in total. The summed E-state index contributed by atoms with van der Waals surface area (Å²) in [6.07, 6.45) is 0.273. The van der Waals surface area contributed by atoms with Gasteiger partial charge in [0.25, 0.3) is 0 Å². The fourth-order valence-electron chi connectivity index (χ4n) is 2.56. The molecule has 1 atom stereocenters. The van der Waals surface area contributed by atoms with Gasteiger partial charge in [-0.3, -0.25) is 4.79 Å². The SMILES string of the molecule is COc1ccc(C(C)CC(=O)Nc2cccc(S(=O)(=O)NCCN)c2)cc1. The van der Waals surface area contributed by atoms with Crippen molar-refractivity contribution in [1.29, 1.82) is 0 Å². The molecule has 0 aromatic heterocycles. The monoisotopic (exact) mass is 391 g/mol. The zero-order valence-electron chi connectivity index (χ0n) is 15.4. The second-order valence-corrected chi connectivity index (χ2v) is 7.91. The molecule has 8 heteroatoms. The second kappa shape index (κ2) is 9.50. The normalized spacial score (nSPS) is 12.4. The van der Waals surface area contributed by atoms with Crippen molar-refractivity contribution in [1.82, 2.24) is 4.72 Å². The average molecular weight is 391 g/mol. The summed E-state index contributed by atoms with van der Waals surface area (Å²) in [5.74, 6) is 0.577. The number of nitrogens with one attached hydrogen (secondary N) is 2. The first-order valence-corrected chi connectivity index (χ1v) is 10.1. The van der Waals surface area contributed by atoms with E-state index in [1.165, 1.54) is 12.1 Å². The maximum Gasteiger partial charge on any atom is 0.240 e. The number of anilines is 1. The zero-order valence-corrected chi connectivity index (χ0v) is 16.3. The van der Waals surface area contributed by atoms with Gasteiger partial charge in [0.15, 0.2) is 0 Å². The Hall–Kier alpha value is -2.42. The molecule has 0 aliphatic rings. The van der Waals surface area contributed by atoms with E-state index in [2.05, 4.69) is 10.0 Å². The standard InChI is InChI=1S/C19H25N3O4S/c1-14(15-6-8-17(26-2)9-7-15)12-19(23)22-16-4-3-5-18(13-16)27(24,25)21-11-10-20/h3-9,13-14,21H,10-12,20H2,1-2H3,(H,22,23). The van der Waals surface area contributed by atoms with Crippen LogP contribution in [0.25, 0.3) is 0 Å². The van der Waals surface area contributed by atoms with E-state index in [1.54, 1.807) is 19.2 Å². The number of hydrogen-bond acceptors (Lipinski definition) is 5. The first-order valence-electron chi connectivity index (χ1n) is 8.59. The van der Waals surface area contributed by atoms with Gasteiger partial charge in [0, 0.05) is 25.2 Å². The number of carbonyl (C=O) groups excluding carboxylic acids is 1. The van der Waals surface area contributed by atoms with Crippen molar-refractivity contribution in [2.24, 2.45) is 5.73 Å². The number of rotatable bonds is 9. The number of methoxy groups -OCH3 is 1. The molecule has 0 heterocycles. The molecule has 27 heavy (non-hydrogen) atoms. The van der Waals surface area contributed by atoms with Crippen molar-refractivity contribution >= 4 is 21.6 Å². The van der Waals surface area contributed by atoms with Crippen molar-refractivity contribution in [2.45, 2.75) is 24.2 Å². The highest BCUT2D eigenvalue weighted by atomic mass is 32.2. The average Bonchev–Trinajstić information content (AvgIpc) is 2.66. The van der Waals surface area contributed by atoms with Crippen LogP contribution in [0.2, 0.25) is 0 Å². The lowest BCUT2D eigenvalue weighted by Gasteiger charge is -2.13. The van der Waals surface area contributed by atoms with Gasteiger partial charge in [0.1, 0.15) is 5.75 Å². The van der Waals surface area contributed by atoms with Crippen LogP contribution in [0.3, 0.4) is 0 Å². The van der Waals surface area contributed by atoms with E-state index in [9.17, 15) is 13.2 Å². The Morgan fingerprint density at radius 3 is 2.52 bits per heavy atom. The molecule has 7 nitrogen and oxygen atoms in total. The number of hydrogen-bond donors (Lipinski definition) is 3. The largest absolute Gasteiger partial charge is 0.497 e. The van der Waals surface area contributed by atoms with Gasteiger partial charge in [-0.05, 0) is 41.8 Å². The summed E-state index contributed by atoms with van der Waals surface area (Å²) in [5, 5.41) is 2.75. The minimum Gasteiger partial charge on any atom is -0.497 e. The molecule has 2 aromatic rings. The summed E-state index contributed by atoms with van der Waals surface area (Å²) in [5.41, 5.74) is 6.78. The highest BCUT2D eigenvalue weighted by molar-refractivity contribution is 7.89. The van der Waals surface area contributed by atoms with Crippen LogP contribution in [0.4, 0.5) is 5.69 Å². The van der Waals surface area contributed by atoms with Crippen LogP contribution >= 0.6 is 0 Å². The molecule has 0 aliphatic carbocycles. The predicted octanol–water partition coefficient (Wildman–Crippen LogP) is 2.06. The number of sulfonamides is 1. The Kier molecular flexibility index (Phi) is 7.35. The maximum absolute atomic E-state index is 12.3. The molecule has 0 saturated heterocycles. The highest BCUT2D eigenvalue weighted by Crippen LogP contribution is 2.23. The lowest BCUT2D eigenvalue weighted by molar-refractivity contribution is -0.116. The first-order chi connectivity index (χ1) is 12.9. The van der Waals surface area contributed by atoms with E-state index in [4.69, 9.17) is 10.5 Å². The number of nitrogens with two attached hydrogens (primary N) is 1. The number of ether oxygens (including phenoxy) is 1. The van der Waals surface area contributed by atoms with Gasteiger partial charge in [-0.15, -0.1) is 0 Å².